The molecule has 0 spiro atoms. The van der Waals surface area contributed by atoms with Crippen molar-refractivity contribution in [3.8, 4) is 17.1 Å². The van der Waals surface area contributed by atoms with E-state index < -0.39 is 6.03 Å². The van der Waals surface area contributed by atoms with E-state index in [-0.39, 0.29) is 17.7 Å². The summed E-state index contributed by atoms with van der Waals surface area (Å²) in [6, 6.07) is 17.6. The van der Waals surface area contributed by atoms with Gasteiger partial charge in [-0.05, 0) is 37.0 Å². The standard InChI is InChI=1S/C26H31N5O3S/c1-34-22-15-9-8-14-21(22)24-29-30-26(31(24)17-16-19-10-4-2-5-11-19)35-18-23(32)28-25(33)27-20-12-6-3-7-13-20/h2,4-5,8-11,14-15,20H,3,6-7,12-13,16-18H2,1H3,(H2,27,28,32,33). The van der Waals surface area contributed by atoms with Crippen molar-refractivity contribution in [1.29, 1.82) is 0 Å². The first kappa shape index (κ1) is 24.8. The Morgan fingerprint density at radius 3 is 2.54 bits per heavy atom. The lowest BCUT2D eigenvalue weighted by atomic mass is 9.96. The summed E-state index contributed by atoms with van der Waals surface area (Å²) in [6.07, 6.45) is 6.14. The van der Waals surface area contributed by atoms with Gasteiger partial charge >= 0.3 is 6.03 Å². The number of nitrogens with zero attached hydrogens (tertiary/aromatic N) is 3. The highest BCUT2D eigenvalue weighted by molar-refractivity contribution is 7.99. The molecule has 0 saturated heterocycles. The molecule has 8 nitrogen and oxygen atoms in total. The van der Waals surface area contributed by atoms with E-state index >= 15 is 0 Å². The Morgan fingerprint density at radius 2 is 1.77 bits per heavy atom. The normalized spacial score (nSPS) is 13.9. The van der Waals surface area contributed by atoms with E-state index in [1.165, 1.54) is 23.7 Å². The Bertz CT molecular complexity index is 1130. The Kier molecular flexibility index (Phi) is 8.78. The molecule has 0 aliphatic heterocycles. The van der Waals surface area contributed by atoms with E-state index in [1.54, 1.807) is 7.11 Å². The van der Waals surface area contributed by atoms with Gasteiger partial charge in [0.05, 0.1) is 18.4 Å². The number of nitrogens with one attached hydrogen (secondary N) is 2. The molecule has 35 heavy (non-hydrogen) atoms. The molecular formula is C26H31N5O3S. The molecule has 4 rings (SSSR count). The van der Waals surface area contributed by atoms with Crippen LogP contribution in [0.2, 0.25) is 0 Å². The van der Waals surface area contributed by atoms with E-state index in [0.29, 0.717) is 23.3 Å². The van der Waals surface area contributed by atoms with Gasteiger partial charge in [-0.3, -0.25) is 10.1 Å². The molecule has 9 heteroatoms. The number of hydrogen-bond donors (Lipinski definition) is 2. The van der Waals surface area contributed by atoms with Gasteiger partial charge in [-0.25, -0.2) is 4.79 Å². The predicted octanol–water partition coefficient (Wildman–Crippen LogP) is 4.45. The summed E-state index contributed by atoms with van der Waals surface area (Å²) >= 11 is 1.26. The van der Waals surface area contributed by atoms with E-state index in [9.17, 15) is 9.59 Å². The zero-order valence-electron chi connectivity index (χ0n) is 19.9. The van der Waals surface area contributed by atoms with Crippen molar-refractivity contribution in [3.05, 3.63) is 60.2 Å². The predicted molar refractivity (Wildman–Crippen MR) is 136 cm³/mol. The number of aryl methyl sites for hydroxylation is 1. The van der Waals surface area contributed by atoms with Gasteiger partial charge in [0.25, 0.3) is 0 Å². The molecule has 0 radical (unpaired) electrons. The number of rotatable bonds is 9. The van der Waals surface area contributed by atoms with Crippen LogP contribution in [0, 0.1) is 0 Å². The number of amides is 3. The van der Waals surface area contributed by atoms with Crippen LogP contribution in [0.4, 0.5) is 4.79 Å². The van der Waals surface area contributed by atoms with E-state index in [4.69, 9.17) is 4.74 Å². The van der Waals surface area contributed by atoms with Crippen molar-refractivity contribution in [2.24, 2.45) is 0 Å². The number of carbonyl (C=O) groups excluding carboxylic acids is 2. The molecule has 0 atom stereocenters. The van der Waals surface area contributed by atoms with E-state index in [2.05, 4.69) is 33.0 Å². The third-order valence-corrected chi connectivity index (χ3v) is 7.02. The molecular weight excluding hydrogens is 462 g/mol. The third-order valence-electron chi connectivity index (χ3n) is 6.06. The van der Waals surface area contributed by atoms with Crippen molar-refractivity contribution in [2.75, 3.05) is 12.9 Å². The fraction of sp³-hybridized carbons (Fsp3) is 0.385. The molecule has 1 fully saturated rings. The number of para-hydroxylation sites is 1. The van der Waals surface area contributed by atoms with Crippen LogP contribution >= 0.6 is 11.8 Å². The number of thioether (sulfide) groups is 1. The number of imide groups is 1. The lowest BCUT2D eigenvalue weighted by molar-refractivity contribution is -0.117. The van der Waals surface area contributed by atoms with Gasteiger partial charge in [0.2, 0.25) is 5.91 Å². The SMILES string of the molecule is COc1ccccc1-c1nnc(SCC(=O)NC(=O)NC2CCCCC2)n1CCc1ccccc1. The monoisotopic (exact) mass is 493 g/mol. The maximum atomic E-state index is 12.5. The maximum absolute atomic E-state index is 12.5. The van der Waals surface area contributed by atoms with Crippen molar-refractivity contribution in [2.45, 2.75) is 56.3 Å². The van der Waals surface area contributed by atoms with Crippen molar-refractivity contribution in [3.63, 3.8) is 0 Å². The Morgan fingerprint density at radius 1 is 1.03 bits per heavy atom. The number of urea groups is 1. The number of hydrogen-bond acceptors (Lipinski definition) is 6. The second-order valence-corrected chi connectivity index (χ2v) is 9.48. The number of carbonyl (C=O) groups is 2. The lowest BCUT2D eigenvalue weighted by Crippen LogP contribution is -2.45. The highest BCUT2D eigenvalue weighted by Gasteiger charge is 2.20. The quantitative estimate of drug-likeness (QED) is 0.428. The van der Waals surface area contributed by atoms with Gasteiger partial charge in [0, 0.05) is 12.6 Å². The van der Waals surface area contributed by atoms with Crippen LogP contribution in [0.25, 0.3) is 11.4 Å². The minimum absolute atomic E-state index is 0.0630. The topological polar surface area (TPSA) is 98.1 Å². The minimum Gasteiger partial charge on any atom is -0.496 e. The van der Waals surface area contributed by atoms with Crippen LogP contribution in [0.3, 0.4) is 0 Å². The van der Waals surface area contributed by atoms with E-state index in [1.807, 2.05) is 47.0 Å². The average Bonchev–Trinajstić information content (AvgIpc) is 3.29. The van der Waals surface area contributed by atoms with Crippen LogP contribution < -0.4 is 15.4 Å². The molecule has 1 heterocycles. The summed E-state index contributed by atoms with van der Waals surface area (Å²) in [4.78, 5) is 24.7. The van der Waals surface area contributed by atoms with Gasteiger partial charge in [-0.1, -0.05) is 73.5 Å². The average molecular weight is 494 g/mol. The summed E-state index contributed by atoms with van der Waals surface area (Å²) in [5.41, 5.74) is 2.03. The van der Waals surface area contributed by atoms with Crippen LogP contribution in [0.15, 0.2) is 59.8 Å². The largest absolute Gasteiger partial charge is 0.496 e. The van der Waals surface area contributed by atoms with Crippen LogP contribution in [0.5, 0.6) is 5.75 Å². The zero-order valence-corrected chi connectivity index (χ0v) is 20.7. The summed E-state index contributed by atoms with van der Waals surface area (Å²) in [5.74, 6) is 1.08. The summed E-state index contributed by atoms with van der Waals surface area (Å²) in [6.45, 7) is 0.635. The molecule has 1 aliphatic rings. The summed E-state index contributed by atoms with van der Waals surface area (Å²) in [5, 5.41) is 14.8. The molecule has 3 amide bonds. The minimum atomic E-state index is -0.428. The highest BCUT2D eigenvalue weighted by atomic mass is 32.2. The first-order chi connectivity index (χ1) is 17.1. The van der Waals surface area contributed by atoms with Crippen molar-refractivity contribution >= 4 is 23.7 Å². The first-order valence-corrected chi connectivity index (χ1v) is 13.0. The molecule has 184 valence electrons. The smallest absolute Gasteiger partial charge is 0.321 e. The van der Waals surface area contributed by atoms with Crippen LogP contribution in [-0.4, -0.2) is 45.6 Å². The van der Waals surface area contributed by atoms with Gasteiger partial charge in [-0.2, -0.15) is 0 Å². The first-order valence-electron chi connectivity index (χ1n) is 12.0. The van der Waals surface area contributed by atoms with Crippen molar-refractivity contribution < 1.29 is 14.3 Å². The molecule has 0 unspecified atom stereocenters. The van der Waals surface area contributed by atoms with Crippen molar-refractivity contribution in [1.82, 2.24) is 25.4 Å². The second kappa shape index (κ2) is 12.4. The summed E-state index contributed by atoms with van der Waals surface area (Å²) in [7, 11) is 1.63. The maximum Gasteiger partial charge on any atom is 0.321 e. The fourth-order valence-electron chi connectivity index (χ4n) is 4.27. The van der Waals surface area contributed by atoms with Gasteiger partial charge in [0.1, 0.15) is 5.75 Å². The van der Waals surface area contributed by atoms with Crippen LogP contribution in [-0.2, 0) is 17.8 Å². The molecule has 2 N–H and O–H groups in total. The zero-order chi connectivity index (χ0) is 24.5. The van der Waals surface area contributed by atoms with Crippen LogP contribution in [0.1, 0.15) is 37.7 Å². The van der Waals surface area contributed by atoms with E-state index in [0.717, 1.165) is 37.7 Å². The number of ether oxygens (including phenoxy) is 1. The number of methoxy groups -OCH3 is 1. The van der Waals surface area contributed by atoms with Gasteiger partial charge < -0.3 is 14.6 Å². The molecule has 3 aromatic rings. The molecule has 1 aliphatic carbocycles. The molecule has 2 aromatic carbocycles. The third kappa shape index (κ3) is 6.85. The molecule has 1 aromatic heterocycles. The lowest BCUT2D eigenvalue weighted by Gasteiger charge is -2.22. The Hall–Kier alpha value is -3.33. The van der Waals surface area contributed by atoms with Gasteiger partial charge in [0.15, 0.2) is 11.0 Å². The second-order valence-electron chi connectivity index (χ2n) is 8.54. The molecule has 0 bridgehead atoms. The van der Waals surface area contributed by atoms with Gasteiger partial charge in [-0.15, -0.1) is 10.2 Å². The molecule has 1 saturated carbocycles. The fourth-order valence-corrected chi connectivity index (χ4v) is 5.04. The number of benzene rings is 2. The highest BCUT2D eigenvalue weighted by Crippen LogP contribution is 2.31. The Balaban J connectivity index is 1.44. The Labute approximate surface area is 209 Å². The summed E-state index contributed by atoms with van der Waals surface area (Å²) < 4.78 is 7.54. The number of aromatic nitrogens is 3.